The van der Waals surface area contributed by atoms with Gasteiger partial charge in [-0.1, -0.05) is 17.8 Å². The molecule has 1 unspecified atom stereocenters. The number of hydrogen-bond acceptors (Lipinski definition) is 3. The van der Waals surface area contributed by atoms with Gasteiger partial charge in [0.15, 0.2) is 5.44 Å². The molecule has 0 N–H and O–H groups in total. The van der Waals surface area contributed by atoms with E-state index in [4.69, 9.17) is 4.74 Å². The third-order valence-corrected chi connectivity index (χ3v) is 1.89. The van der Waals surface area contributed by atoms with E-state index in [9.17, 15) is 4.79 Å². The second kappa shape index (κ2) is 2.92. The van der Waals surface area contributed by atoms with Crippen LogP contribution in [-0.2, 0) is 9.53 Å². The molecule has 0 aromatic carbocycles. The molecule has 0 aliphatic carbocycles. The van der Waals surface area contributed by atoms with Crippen LogP contribution in [0.5, 0.6) is 0 Å². The first kappa shape index (κ1) is 6.68. The van der Waals surface area contributed by atoms with Gasteiger partial charge in [-0.3, -0.25) is 4.79 Å². The highest BCUT2D eigenvalue weighted by Crippen LogP contribution is 2.24. The number of carbonyl (C=O) groups is 1. The predicted molar refractivity (Wildman–Crippen MR) is 36.9 cm³/mol. The Bertz CT molecular complexity index is 134. The van der Waals surface area contributed by atoms with E-state index in [1.807, 2.05) is 11.5 Å². The van der Waals surface area contributed by atoms with Crippen LogP contribution in [0.2, 0.25) is 0 Å². The van der Waals surface area contributed by atoms with Crippen LogP contribution < -0.4 is 0 Å². The van der Waals surface area contributed by atoms with Gasteiger partial charge in [0.2, 0.25) is 0 Å². The first-order chi connectivity index (χ1) is 4.29. The molecule has 3 heteroatoms. The van der Waals surface area contributed by atoms with Crippen molar-refractivity contribution in [3.05, 3.63) is 11.5 Å². The van der Waals surface area contributed by atoms with Crippen molar-refractivity contribution in [3.8, 4) is 0 Å². The molecule has 0 saturated heterocycles. The van der Waals surface area contributed by atoms with Crippen molar-refractivity contribution in [3.63, 3.8) is 0 Å². The van der Waals surface area contributed by atoms with Gasteiger partial charge in [-0.25, -0.2) is 0 Å². The van der Waals surface area contributed by atoms with Crippen LogP contribution in [-0.4, -0.2) is 11.4 Å². The normalized spacial score (nSPS) is 24.3. The molecule has 0 spiro atoms. The average Bonchev–Trinajstić information content (AvgIpc) is 2.15. The Balaban J connectivity index is 2.22. The average molecular weight is 144 g/mol. The largest absolute Gasteiger partial charge is 0.451 e. The first-order valence-electron chi connectivity index (χ1n) is 2.77. The van der Waals surface area contributed by atoms with Gasteiger partial charge in [0.05, 0.1) is 0 Å². The van der Waals surface area contributed by atoms with Crippen molar-refractivity contribution >= 4 is 17.7 Å². The molecule has 1 aliphatic heterocycles. The second-order valence-electron chi connectivity index (χ2n) is 1.78. The highest BCUT2D eigenvalue weighted by Gasteiger charge is 2.12. The molecule has 50 valence electrons. The van der Waals surface area contributed by atoms with Gasteiger partial charge in [0.1, 0.15) is 0 Å². The summed E-state index contributed by atoms with van der Waals surface area (Å²) in [6.07, 6.45) is 2.85. The Morgan fingerprint density at radius 2 is 2.67 bits per heavy atom. The quantitative estimate of drug-likeness (QED) is 0.522. The summed E-state index contributed by atoms with van der Waals surface area (Å²) in [5.41, 5.74) is 0.0440. The lowest BCUT2D eigenvalue weighted by atomic mass is 10.4. The Morgan fingerprint density at radius 3 is 3.11 bits per heavy atom. The van der Waals surface area contributed by atoms with Gasteiger partial charge in [0, 0.05) is 13.3 Å². The van der Waals surface area contributed by atoms with Gasteiger partial charge in [-0.2, -0.15) is 0 Å². The Hall–Kier alpha value is -0.440. The van der Waals surface area contributed by atoms with Crippen LogP contribution >= 0.6 is 11.8 Å². The van der Waals surface area contributed by atoms with Crippen LogP contribution in [0.15, 0.2) is 11.5 Å². The Kier molecular flexibility index (Phi) is 2.16. The zero-order chi connectivity index (χ0) is 6.69. The third kappa shape index (κ3) is 2.10. The van der Waals surface area contributed by atoms with E-state index in [0.717, 1.165) is 6.42 Å². The summed E-state index contributed by atoms with van der Waals surface area (Å²) in [5.74, 6) is -0.198. The van der Waals surface area contributed by atoms with E-state index in [1.54, 1.807) is 11.8 Å². The van der Waals surface area contributed by atoms with E-state index in [0.29, 0.717) is 0 Å². The lowest BCUT2D eigenvalue weighted by Crippen LogP contribution is -2.08. The van der Waals surface area contributed by atoms with Crippen molar-refractivity contribution < 1.29 is 9.53 Å². The monoisotopic (exact) mass is 144 g/mol. The SMILES string of the molecule is CC(=O)OC1CC=CS1. The lowest BCUT2D eigenvalue weighted by molar-refractivity contribution is -0.142. The van der Waals surface area contributed by atoms with Crippen LogP contribution in [0.4, 0.5) is 0 Å². The summed E-state index contributed by atoms with van der Waals surface area (Å²) in [4.78, 5) is 10.3. The molecule has 1 heterocycles. The van der Waals surface area contributed by atoms with Crippen LogP contribution in [0.1, 0.15) is 13.3 Å². The Morgan fingerprint density at radius 1 is 1.89 bits per heavy atom. The summed E-state index contributed by atoms with van der Waals surface area (Å²) in [7, 11) is 0. The third-order valence-electron chi connectivity index (χ3n) is 0.953. The molecule has 1 atom stereocenters. The lowest BCUT2D eigenvalue weighted by Gasteiger charge is -2.06. The fourth-order valence-electron chi connectivity index (χ4n) is 0.626. The minimum absolute atomic E-state index is 0.0440. The van der Waals surface area contributed by atoms with E-state index in [-0.39, 0.29) is 11.4 Å². The molecule has 0 radical (unpaired) electrons. The molecular weight excluding hydrogens is 136 g/mol. The van der Waals surface area contributed by atoms with E-state index in [2.05, 4.69) is 0 Å². The summed E-state index contributed by atoms with van der Waals surface area (Å²) in [6, 6.07) is 0. The number of rotatable bonds is 1. The van der Waals surface area contributed by atoms with Gasteiger partial charge in [-0.05, 0) is 5.41 Å². The van der Waals surface area contributed by atoms with Crippen LogP contribution in [0.25, 0.3) is 0 Å². The number of esters is 1. The highest BCUT2D eigenvalue weighted by molar-refractivity contribution is 8.02. The zero-order valence-corrected chi connectivity index (χ0v) is 5.98. The fraction of sp³-hybridized carbons (Fsp3) is 0.500. The van der Waals surface area contributed by atoms with Crippen molar-refractivity contribution in [2.45, 2.75) is 18.8 Å². The maximum Gasteiger partial charge on any atom is 0.303 e. The maximum atomic E-state index is 10.3. The summed E-state index contributed by atoms with van der Waals surface area (Å²) >= 11 is 1.55. The molecule has 0 aromatic rings. The molecule has 0 fully saturated rings. The standard InChI is InChI=1S/C6H8O2S/c1-5(7)8-6-3-2-4-9-6/h2,4,6H,3H2,1H3. The second-order valence-corrected chi connectivity index (χ2v) is 2.85. The maximum absolute atomic E-state index is 10.3. The van der Waals surface area contributed by atoms with E-state index < -0.39 is 0 Å². The predicted octanol–water partition coefficient (Wildman–Crippen LogP) is 1.53. The van der Waals surface area contributed by atoms with Crippen molar-refractivity contribution in [2.24, 2.45) is 0 Å². The van der Waals surface area contributed by atoms with Crippen molar-refractivity contribution in [1.82, 2.24) is 0 Å². The smallest absolute Gasteiger partial charge is 0.303 e. The number of hydrogen-bond donors (Lipinski definition) is 0. The number of ether oxygens (including phenoxy) is 1. The molecule has 2 nitrogen and oxygen atoms in total. The van der Waals surface area contributed by atoms with Crippen molar-refractivity contribution in [1.29, 1.82) is 0 Å². The van der Waals surface area contributed by atoms with Crippen LogP contribution in [0, 0.1) is 0 Å². The summed E-state index contributed by atoms with van der Waals surface area (Å²) < 4.78 is 4.87. The Labute approximate surface area is 58.3 Å². The zero-order valence-electron chi connectivity index (χ0n) is 5.16. The first-order valence-corrected chi connectivity index (χ1v) is 3.71. The van der Waals surface area contributed by atoms with Gasteiger partial charge >= 0.3 is 5.97 Å². The summed E-state index contributed by atoms with van der Waals surface area (Å²) in [5, 5.41) is 1.95. The molecule has 1 rings (SSSR count). The summed E-state index contributed by atoms with van der Waals surface area (Å²) in [6.45, 7) is 1.43. The van der Waals surface area contributed by atoms with E-state index in [1.165, 1.54) is 6.92 Å². The van der Waals surface area contributed by atoms with Gasteiger partial charge < -0.3 is 4.74 Å². The highest BCUT2D eigenvalue weighted by atomic mass is 32.2. The molecule has 0 saturated carbocycles. The molecular formula is C6H8O2S. The molecule has 9 heavy (non-hydrogen) atoms. The number of carbonyl (C=O) groups excluding carboxylic acids is 1. The molecule has 0 bridgehead atoms. The molecule has 1 aliphatic rings. The molecule has 0 aromatic heterocycles. The number of thioether (sulfide) groups is 1. The van der Waals surface area contributed by atoms with Crippen molar-refractivity contribution in [2.75, 3.05) is 0 Å². The van der Waals surface area contributed by atoms with E-state index >= 15 is 0 Å². The molecule has 0 amide bonds. The van der Waals surface area contributed by atoms with Crippen LogP contribution in [0.3, 0.4) is 0 Å². The van der Waals surface area contributed by atoms with Gasteiger partial charge in [-0.15, -0.1) is 0 Å². The minimum atomic E-state index is -0.198. The minimum Gasteiger partial charge on any atom is -0.451 e. The fourth-order valence-corrected chi connectivity index (χ4v) is 1.44. The van der Waals surface area contributed by atoms with Gasteiger partial charge in [0.25, 0.3) is 0 Å². The topological polar surface area (TPSA) is 26.3 Å².